The second-order valence-corrected chi connectivity index (χ2v) is 4.01. The van der Waals surface area contributed by atoms with Crippen molar-refractivity contribution in [1.82, 2.24) is 4.98 Å². The highest BCUT2D eigenvalue weighted by Gasteiger charge is 2.24. The highest BCUT2D eigenvalue weighted by atomic mass is 127. The van der Waals surface area contributed by atoms with Crippen LogP contribution in [0.1, 0.15) is 29.3 Å². The summed E-state index contributed by atoms with van der Waals surface area (Å²) >= 11 is 1.66. The Hall–Kier alpha value is -0.990. The van der Waals surface area contributed by atoms with E-state index in [0.29, 0.717) is 0 Å². The Bertz CT molecular complexity index is 426. The van der Waals surface area contributed by atoms with E-state index in [1.807, 2.05) is 0 Å². The Labute approximate surface area is 110 Å². The molecule has 1 heterocycles. The lowest BCUT2D eigenvalue weighted by Crippen LogP contribution is -2.12. The molecule has 0 aliphatic carbocycles. The van der Waals surface area contributed by atoms with Gasteiger partial charge < -0.3 is 9.47 Å². The van der Waals surface area contributed by atoms with Crippen molar-refractivity contribution < 1.29 is 23.0 Å². The zero-order valence-corrected chi connectivity index (χ0v) is 11.3. The first-order valence-corrected chi connectivity index (χ1v) is 5.78. The van der Waals surface area contributed by atoms with Gasteiger partial charge in [0.25, 0.3) is 6.43 Å². The van der Waals surface area contributed by atoms with Gasteiger partial charge in [-0.15, -0.1) is 0 Å². The van der Waals surface area contributed by atoms with E-state index in [4.69, 9.17) is 9.47 Å². The van der Waals surface area contributed by atoms with Gasteiger partial charge in [0.05, 0.1) is 19.3 Å². The van der Waals surface area contributed by atoms with Crippen LogP contribution in [0, 0.1) is 3.57 Å². The van der Waals surface area contributed by atoms with Gasteiger partial charge in [0.2, 0.25) is 5.88 Å². The minimum Gasteiger partial charge on any atom is -0.480 e. The molecule has 1 aromatic rings. The van der Waals surface area contributed by atoms with E-state index in [-0.39, 0.29) is 27.2 Å². The Kier molecular flexibility index (Phi) is 5.03. The van der Waals surface area contributed by atoms with Crippen molar-refractivity contribution in [1.29, 1.82) is 0 Å². The number of alkyl halides is 2. The molecule has 0 N–H and O–H groups in total. The lowest BCUT2D eigenvalue weighted by Gasteiger charge is -2.11. The Balaban J connectivity index is 3.32. The first-order chi connectivity index (χ1) is 8.02. The quantitative estimate of drug-likeness (QED) is 0.614. The van der Waals surface area contributed by atoms with Crippen LogP contribution in [0.3, 0.4) is 0 Å². The first-order valence-electron chi connectivity index (χ1n) is 4.70. The molecule has 7 heteroatoms. The number of carbonyl (C=O) groups is 1. The number of halogens is 3. The van der Waals surface area contributed by atoms with Gasteiger partial charge in [0, 0.05) is 9.77 Å². The van der Waals surface area contributed by atoms with Gasteiger partial charge in [0.15, 0.2) is 0 Å². The molecule has 0 spiro atoms. The number of rotatable bonds is 4. The molecule has 0 amide bonds. The summed E-state index contributed by atoms with van der Waals surface area (Å²) in [5, 5.41) is 0. The molecule has 0 unspecified atom stereocenters. The van der Waals surface area contributed by atoms with Gasteiger partial charge in [0.1, 0.15) is 5.56 Å². The van der Waals surface area contributed by atoms with Crippen LogP contribution in [0.15, 0.2) is 6.20 Å². The minimum atomic E-state index is -2.70. The van der Waals surface area contributed by atoms with E-state index >= 15 is 0 Å². The molecule has 4 nitrogen and oxygen atoms in total. The van der Waals surface area contributed by atoms with Crippen LogP contribution in [0.2, 0.25) is 0 Å². The second kappa shape index (κ2) is 6.08. The van der Waals surface area contributed by atoms with E-state index in [1.54, 1.807) is 29.5 Å². The fourth-order valence-corrected chi connectivity index (χ4v) is 2.00. The molecule has 94 valence electrons. The summed E-state index contributed by atoms with van der Waals surface area (Å²) in [6, 6.07) is 0. The normalized spacial score (nSPS) is 10.5. The van der Waals surface area contributed by atoms with Crippen LogP contribution in [-0.4, -0.2) is 24.7 Å². The van der Waals surface area contributed by atoms with Gasteiger partial charge in [-0.3, -0.25) is 0 Å². The predicted molar refractivity (Wildman–Crippen MR) is 64.4 cm³/mol. The van der Waals surface area contributed by atoms with Crippen LogP contribution < -0.4 is 4.74 Å². The topological polar surface area (TPSA) is 48.4 Å². The monoisotopic (exact) mass is 357 g/mol. The first kappa shape index (κ1) is 14.1. The van der Waals surface area contributed by atoms with Gasteiger partial charge in [-0.05, 0) is 29.5 Å². The molecule has 0 saturated carbocycles. The SMILES string of the molecule is CCOC(=O)c1c(OC)ncc(C(F)F)c1I. The van der Waals surface area contributed by atoms with Gasteiger partial charge >= 0.3 is 5.97 Å². The lowest BCUT2D eigenvalue weighted by molar-refractivity contribution is 0.0519. The average molecular weight is 357 g/mol. The van der Waals surface area contributed by atoms with Crippen LogP contribution in [-0.2, 0) is 4.74 Å². The molecule has 1 rings (SSSR count). The number of carbonyl (C=O) groups excluding carboxylic acids is 1. The molecular weight excluding hydrogens is 347 g/mol. The minimum absolute atomic E-state index is 0.0164. The van der Waals surface area contributed by atoms with E-state index in [1.165, 1.54) is 7.11 Å². The van der Waals surface area contributed by atoms with Crippen molar-refractivity contribution in [3.05, 3.63) is 20.9 Å². The molecule has 17 heavy (non-hydrogen) atoms. The summed E-state index contributed by atoms with van der Waals surface area (Å²) in [6.07, 6.45) is -1.71. The summed E-state index contributed by atoms with van der Waals surface area (Å²) in [4.78, 5) is 15.3. The molecule has 1 aromatic heterocycles. The maximum absolute atomic E-state index is 12.7. The number of ether oxygens (including phenoxy) is 2. The summed E-state index contributed by atoms with van der Waals surface area (Å²) in [5.74, 6) is -0.735. The van der Waals surface area contributed by atoms with Gasteiger partial charge in [-0.2, -0.15) is 0 Å². The number of aromatic nitrogens is 1. The third-order valence-corrected chi connectivity index (χ3v) is 3.08. The predicted octanol–water partition coefficient (Wildman–Crippen LogP) is 2.81. The zero-order chi connectivity index (χ0) is 13.0. The number of nitrogens with zero attached hydrogens (tertiary/aromatic N) is 1. The average Bonchev–Trinajstić information content (AvgIpc) is 2.27. The maximum atomic E-state index is 12.7. The smallest absolute Gasteiger partial charge is 0.344 e. The fraction of sp³-hybridized carbons (Fsp3) is 0.400. The lowest BCUT2D eigenvalue weighted by atomic mass is 10.2. The summed E-state index contributed by atoms with van der Waals surface area (Å²) in [6.45, 7) is 1.78. The summed E-state index contributed by atoms with van der Waals surface area (Å²) in [7, 11) is 1.31. The maximum Gasteiger partial charge on any atom is 0.344 e. The van der Waals surface area contributed by atoms with Crippen molar-refractivity contribution in [3.63, 3.8) is 0 Å². The molecule has 0 bridgehead atoms. The standard InChI is InChI=1S/C10H10F2INO3/c1-3-17-10(15)6-7(13)5(8(11)12)4-14-9(6)16-2/h4,8H,3H2,1-2H3. The van der Waals surface area contributed by atoms with E-state index in [0.717, 1.165) is 6.20 Å². The molecule has 0 aliphatic rings. The molecule has 0 aliphatic heterocycles. The largest absolute Gasteiger partial charge is 0.480 e. The zero-order valence-electron chi connectivity index (χ0n) is 9.17. The molecule has 0 radical (unpaired) electrons. The molecule has 0 fully saturated rings. The highest BCUT2D eigenvalue weighted by Crippen LogP contribution is 2.31. The van der Waals surface area contributed by atoms with Crippen LogP contribution in [0.4, 0.5) is 8.78 Å². The van der Waals surface area contributed by atoms with Crippen molar-refractivity contribution in [3.8, 4) is 5.88 Å². The van der Waals surface area contributed by atoms with E-state index in [2.05, 4.69) is 4.98 Å². The number of esters is 1. The highest BCUT2D eigenvalue weighted by molar-refractivity contribution is 14.1. The third kappa shape index (κ3) is 3.02. The molecular formula is C10H10F2INO3. The molecule has 0 atom stereocenters. The van der Waals surface area contributed by atoms with Gasteiger partial charge in [-0.1, -0.05) is 0 Å². The van der Waals surface area contributed by atoms with E-state index < -0.39 is 12.4 Å². The van der Waals surface area contributed by atoms with Crippen LogP contribution in [0.25, 0.3) is 0 Å². The second-order valence-electron chi connectivity index (χ2n) is 2.93. The summed E-state index contributed by atoms with van der Waals surface area (Å²) in [5.41, 5.74) is -0.373. The fourth-order valence-electron chi connectivity index (χ4n) is 1.17. The number of hydrogen-bond donors (Lipinski definition) is 0. The van der Waals surface area contributed by atoms with Crippen molar-refractivity contribution in [2.75, 3.05) is 13.7 Å². The van der Waals surface area contributed by atoms with Crippen LogP contribution in [0.5, 0.6) is 5.88 Å². The number of pyridine rings is 1. The molecule has 0 saturated heterocycles. The number of methoxy groups -OCH3 is 1. The third-order valence-electron chi connectivity index (χ3n) is 1.92. The van der Waals surface area contributed by atoms with Crippen molar-refractivity contribution in [2.45, 2.75) is 13.3 Å². The van der Waals surface area contributed by atoms with Gasteiger partial charge in [-0.25, -0.2) is 18.6 Å². The van der Waals surface area contributed by atoms with Crippen molar-refractivity contribution in [2.24, 2.45) is 0 Å². The summed E-state index contributed by atoms with van der Waals surface area (Å²) < 4.78 is 35.1. The Morgan fingerprint density at radius 1 is 1.59 bits per heavy atom. The Morgan fingerprint density at radius 3 is 2.71 bits per heavy atom. The Morgan fingerprint density at radius 2 is 2.24 bits per heavy atom. The van der Waals surface area contributed by atoms with E-state index in [9.17, 15) is 13.6 Å². The van der Waals surface area contributed by atoms with Crippen LogP contribution >= 0.6 is 22.6 Å². The number of hydrogen-bond acceptors (Lipinski definition) is 4. The molecule has 0 aromatic carbocycles. The van der Waals surface area contributed by atoms with Crippen molar-refractivity contribution >= 4 is 28.6 Å².